The Labute approximate surface area is 138 Å². The second-order valence-electron chi connectivity index (χ2n) is 7.64. The van der Waals surface area contributed by atoms with E-state index in [9.17, 15) is 9.90 Å². The van der Waals surface area contributed by atoms with E-state index in [4.69, 9.17) is 4.42 Å². The van der Waals surface area contributed by atoms with Gasteiger partial charge in [-0.25, -0.2) is 4.79 Å². The van der Waals surface area contributed by atoms with Crippen LogP contribution in [-0.2, 0) is 0 Å². The molecule has 1 saturated carbocycles. The number of carbonyl (C=O) groups is 1. The highest BCUT2D eigenvalue weighted by Gasteiger charge is 2.38. The number of hydrogen-bond donors (Lipinski definition) is 2. The zero-order chi connectivity index (χ0) is 16.4. The van der Waals surface area contributed by atoms with E-state index in [0.29, 0.717) is 12.2 Å². The van der Waals surface area contributed by atoms with Gasteiger partial charge in [-0.05, 0) is 43.2 Å². The first-order valence-corrected chi connectivity index (χ1v) is 8.76. The second-order valence-corrected chi connectivity index (χ2v) is 7.64. The average molecular weight is 320 g/mol. The Hall–Kier alpha value is -1.49. The van der Waals surface area contributed by atoms with E-state index >= 15 is 0 Å². The highest BCUT2D eigenvalue weighted by atomic mass is 16.4. The summed E-state index contributed by atoms with van der Waals surface area (Å²) in [6, 6.07) is 3.93. The SMILES string of the molecule is CC1(C)CCCC1NC(=O)N1CCCC1CC(O)c1ccco1. The third kappa shape index (κ3) is 3.55. The van der Waals surface area contributed by atoms with Crippen molar-refractivity contribution in [3.8, 4) is 0 Å². The molecule has 23 heavy (non-hydrogen) atoms. The number of aliphatic hydroxyl groups is 1. The van der Waals surface area contributed by atoms with Crippen molar-refractivity contribution in [3.05, 3.63) is 24.2 Å². The number of aliphatic hydroxyl groups excluding tert-OH is 1. The van der Waals surface area contributed by atoms with E-state index in [0.717, 1.165) is 25.8 Å². The van der Waals surface area contributed by atoms with Crippen LogP contribution in [0, 0.1) is 5.41 Å². The summed E-state index contributed by atoms with van der Waals surface area (Å²) < 4.78 is 5.27. The van der Waals surface area contributed by atoms with Crippen LogP contribution in [0.2, 0.25) is 0 Å². The molecule has 5 heteroatoms. The fraction of sp³-hybridized carbons (Fsp3) is 0.722. The molecular formula is C18H28N2O3. The minimum absolute atomic E-state index is 0.0270. The summed E-state index contributed by atoms with van der Waals surface area (Å²) in [4.78, 5) is 14.6. The van der Waals surface area contributed by atoms with Gasteiger partial charge in [-0.15, -0.1) is 0 Å². The molecule has 1 saturated heterocycles. The molecule has 1 aliphatic carbocycles. The zero-order valence-corrected chi connectivity index (χ0v) is 14.1. The number of nitrogens with one attached hydrogen (secondary N) is 1. The van der Waals surface area contributed by atoms with Crippen LogP contribution in [0.3, 0.4) is 0 Å². The third-order valence-corrected chi connectivity index (χ3v) is 5.56. The summed E-state index contributed by atoms with van der Waals surface area (Å²) in [6.45, 7) is 5.23. The maximum Gasteiger partial charge on any atom is 0.317 e. The third-order valence-electron chi connectivity index (χ3n) is 5.56. The van der Waals surface area contributed by atoms with Gasteiger partial charge < -0.3 is 19.7 Å². The Morgan fingerprint density at radius 1 is 1.48 bits per heavy atom. The molecule has 3 rings (SSSR count). The molecule has 1 aliphatic heterocycles. The van der Waals surface area contributed by atoms with Gasteiger partial charge in [0.15, 0.2) is 0 Å². The lowest BCUT2D eigenvalue weighted by atomic mass is 9.87. The largest absolute Gasteiger partial charge is 0.467 e. The van der Waals surface area contributed by atoms with Gasteiger partial charge >= 0.3 is 6.03 Å². The van der Waals surface area contributed by atoms with Crippen LogP contribution >= 0.6 is 0 Å². The van der Waals surface area contributed by atoms with Crippen LogP contribution in [0.4, 0.5) is 4.79 Å². The predicted octanol–water partition coefficient (Wildman–Crippen LogP) is 3.46. The Morgan fingerprint density at radius 3 is 2.96 bits per heavy atom. The molecule has 3 atom stereocenters. The van der Waals surface area contributed by atoms with Gasteiger partial charge in [0.25, 0.3) is 0 Å². The van der Waals surface area contributed by atoms with Crippen molar-refractivity contribution < 1.29 is 14.3 Å². The maximum atomic E-state index is 12.7. The fourth-order valence-corrected chi connectivity index (χ4v) is 4.03. The second kappa shape index (κ2) is 6.56. The first-order chi connectivity index (χ1) is 11.0. The van der Waals surface area contributed by atoms with Crippen molar-refractivity contribution in [2.24, 2.45) is 5.41 Å². The van der Waals surface area contributed by atoms with E-state index in [1.54, 1.807) is 18.4 Å². The first-order valence-electron chi connectivity index (χ1n) is 8.76. The molecule has 0 radical (unpaired) electrons. The molecule has 5 nitrogen and oxygen atoms in total. The molecule has 0 aromatic carbocycles. The highest BCUT2D eigenvalue weighted by molar-refractivity contribution is 5.75. The molecule has 128 valence electrons. The van der Waals surface area contributed by atoms with Crippen LogP contribution < -0.4 is 5.32 Å². The topological polar surface area (TPSA) is 65.7 Å². The first kappa shape index (κ1) is 16.4. The number of amides is 2. The molecular weight excluding hydrogens is 292 g/mol. The van der Waals surface area contributed by atoms with E-state index in [-0.39, 0.29) is 23.5 Å². The van der Waals surface area contributed by atoms with Gasteiger partial charge in [-0.3, -0.25) is 0 Å². The number of hydrogen-bond acceptors (Lipinski definition) is 3. The predicted molar refractivity (Wildman–Crippen MR) is 88.0 cm³/mol. The minimum atomic E-state index is -0.647. The summed E-state index contributed by atoms with van der Waals surface area (Å²) in [5.74, 6) is 0.578. The standard InChI is InChI=1S/C18H28N2O3/c1-18(2)9-3-8-16(18)19-17(22)20-10-4-6-13(20)12-14(21)15-7-5-11-23-15/h5,7,11,13-14,16,21H,3-4,6,8-10,12H2,1-2H3,(H,19,22). The molecule has 2 fully saturated rings. The molecule has 3 unspecified atom stereocenters. The summed E-state index contributed by atoms with van der Waals surface area (Å²) in [5, 5.41) is 13.5. The van der Waals surface area contributed by atoms with Gasteiger partial charge in [0.1, 0.15) is 11.9 Å². The average Bonchev–Trinajstić information content (AvgIpc) is 3.21. The molecule has 0 bridgehead atoms. The number of rotatable bonds is 4. The lowest BCUT2D eigenvalue weighted by Crippen LogP contribution is -2.49. The van der Waals surface area contributed by atoms with Crippen LogP contribution in [0.1, 0.15) is 64.2 Å². The molecule has 1 aromatic rings. The number of urea groups is 1. The van der Waals surface area contributed by atoms with E-state index in [2.05, 4.69) is 19.2 Å². The van der Waals surface area contributed by atoms with E-state index in [1.807, 2.05) is 4.90 Å². The van der Waals surface area contributed by atoms with Gasteiger partial charge in [-0.1, -0.05) is 20.3 Å². The van der Waals surface area contributed by atoms with Crippen LogP contribution in [0.15, 0.2) is 22.8 Å². The Balaban J connectivity index is 1.59. The molecule has 2 heterocycles. The quantitative estimate of drug-likeness (QED) is 0.893. The van der Waals surface area contributed by atoms with E-state index in [1.165, 1.54) is 12.8 Å². The monoisotopic (exact) mass is 320 g/mol. The fourth-order valence-electron chi connectivity index (χ4n) is 4.03. The number of nitrogens with zero attached hydrogens (tertiary/aromatic N) is 1. The number of carbonyl (C=O) groups excluding carboxylic acids is 1. The number of furan rings is 1. The Morgan fingerprint density at radius 2 is 2.30 bits per heavy atom. The summed E-state index contributed by atoms with van der Waals surface area (Å²) in [6.07, 6.45) is 6.81. The Bertz CT molecular complexity index is 526. The summed E-state index contributed by atoms with van der Waals surface area (Å²) >= 11 is 0. The van der Waals surface area contributed by atoms with Crippen LogP contribution in [0.5, 0.6) is 0 Å². The van der Waals surface area contributed by atoms with Crippen LogP contribution in [0.25, 0.3) is 0 Å². The lowest BCUT2D eigenvalue weighted by Gasteiger charge is -2.32. The van der Waals surface area contributed by atoms with Crippen molar-refractivity contribution in [1.82, 2.24) is 10.2 Å². The van der Waals surface area contributed by atoms with Gasteiger partial charge in [0.2, 0.25) is 0 Å². The molecule has 2 aliphatic rings. The molecule has 0 spiro atoms. The van der Waals surface area contributed by atoms with Crippen molar-refractivity contribution >= 4 is 6.03 Å². The lowest BCUT2D eigenvalue weighted by molar-refractivity contribution is 0.106. The van der Waals surface area contributed by atoms with Gasteiger partial charge in [-0.2, -0.15) is 0 Å². The molecule has 1 aromatic heterocycles. The minimum Gasteiger partial charge on any atom is -0.467 e. The van der Waals surface area contributed by atoms with Gasteiger partial charge in [0, 0.05) is 25.0 Å². The maximum absolute atomic E-state index is 12.7. The summed E-state index contributed by atoms with van der Waals surface area (Å²) in [7, 11) is 0. The molecule has 2 amide bonds. The van der Waals surface area contributed by atoms with E-state index < -0.39 is 6.10 Å². The Kier molecular flexibility index (Phi) is 4.67. The van der Waals surface area contributed by atoms with Gasteiger partial charge in [0.05, 0.1) is 6.26 Å². The molecule has 2 N–H and O–H groups in total. The van der Waals surface area contributed by atoms with Crippen molar-refractivity contribution in [3.63, 3.8) is 0 Å². The smallest absolute Gasteiger partial charge is 0.317 e. The zero-order valence-electron chi connectivity index (χ0n) is 14.1. The number of likely N-dealkylation sites (tertiary alicyclic amines) is 1. The normalized spacial score (nSPS) is 28.0. The highest BCUT2D eigenvalue weighted by Crippen LogP contribution is 2.37. The van der Waals surface area contributed by atoms with Crippen molar-refractivity contribution in [2.45, 2.75) is 70.6 Å². The van der Waals surface area contributed by atoms with Crippen LogP contribution in [-0.4, -0.2) is 34.7 Å². The van der Waals surface area contributed by atoms with Crippen molar-refractivity contribution in [2.75, 3.05) is 6.54 Å². The van der Waals surface area contributed by atoms with Crippen molar-refractivity contribution in [1.29, 1.82) is 0 Å². The summed E-state index contributed by atoms with van der Waals surface area (Å²) in [5.41, 5.74) is 0.179.